The SMILES string of the molecule is CCCCN(C)C(=O)Cn1c(CCCCCNC(=O)Cc2ccc(Cl)cc2)nc2ccccc21. The van der Waals surface area contributed by atoms with Gasteiger partial charge in [0.2, 0.25) is 11.8 Å². The molecule has 0 aliphatic heterocycles. The molecule has 3 aromatic rings. The monoisotopic (exact) mass is 482 g/mol. The molecule has 6 nitrogen and oxygen atoms in total. The Morgan fingerprint density at radius 3 is 2.56 bits per heavy atom. The number of likely N-dealkylation sites (N-methyl/N-ethyl adjacent to an activating group) is 1. The van der Waals surface area contributed by atoms with Crippen LogP contribution in [0.25, 0.3) is 11.0 Å². The van der Waals surface area contributed by atoms with Gasteiger partial charge in [-0.2, -0.15) is 0 Å². The Hall–Kier alpha value is -2.86. The number of carbonyl (C=O) groups is 2. The molecule has 1 N–H and O–H groups in total. The Morgan fingerprint density at radius 1 is 1.03 bits per heavy atom. The Labute approximate surface area is 207 Å². The van der Waals surface area contributed by atoms with Crippen LogP contribution in [0.5, 0.6) is 0 Å². The summed E-state index contributed by atoms with van der Waals surface area (Å²) in [6, 6.07) is 15.3. The van der Waals surface area contributed by atoms with E-state index < -0.39 is 0 Å². The molecule has 3 rings (SSSR count). The standard InChI is InChI=1S/C27H35ClN4O2/c1-3-4-18-31(2)27(34)20-32-24-11-8-7-10-23(24)30-25(32)12-6-5-9-17-29-26(33)19-21-13-15-22(28)16-14-21/h7-8,10-11,13-16H,3-6,9,12,17-20H2,1-2H3,(H,29,33). The molecule has 2 aromatic carbocycles. The van der Waals surface area contributed by atoms with Crippen molar-refractivity contribution in [2.75, 3.05) is 20.1 Å². The lowest BCUT2D eigenvalue weighted by Crippen LogP contribution is -2.31. The van der Waals surface area contributed by atoms with Gasteiger partial charge in [0, 0.05) is 31.6 Å². The molecular formula is C27H35ClN4O2. The number of amides is 2. The molecule has 0 spiro atoms. The minimum absolute atomic E-state index is 0.0230. The number of rotatable bonds is 13. The maximum Gasteiger partial charge on any atom is 0.242 e. The van der Waals surface area contributed by atoms with E-state index in [1.165, 1.54) is 0 Å². The Kier molecular flexibility index (Phi) is 9.95. The van der Waals surface area contributed by atoms with E-state index in [0.717, 1.165) is 67.5 Å². The van der Waals surface area contributed by atoms with Crippen LogP contribution >= 0.6 is 11.6 Å². The molecule has 0 atom stereocenters. The third-order valence-corrected chi connectivity index (χ3v) is 6.23. The summed E-state index contributed by atoms with van der Waals surface area (Å²) in [4.78, 5) is 31.5. The molecule has 0 saturated carbocycles. The maximum absolute atomic E-state index is 12.8. The van der Waals surface area contributed by atoms with Crippen molar-refractivity contribution in [2.45, 2.75) is 58.4 Å². The van der Waals surface area contributed by atoms with Crippen molar-refractivity contribution < 1.29 is 9.59 Å². The zero-order chi connectivity index (χ0) is 24.3. The van der Waals surface area contributed by atoms with E-state index in [1.807, 2.05) is 48.3 Å². The molecule has 0 unspecified atom stereocenters. The number of aromatic nitrogens is 2. The van der Waals surface area contributed by atoms with Gasteiger partial charge >= 0.3 is 0 Å². The van der Waals surface area contributed by atoms with Crippen molar-refractivity contribution in [3.8, 4) is 0 Å². The molecule has 0 aliphatic carbocycles. The first-order valence-electron chi connectivity index (χ1n) is 12.2. The molecule has 1 aromatic heterocycles. The highest BCUT2D eigenvalue weighted by atomic mass is 35.5. The summed E-state index contributed by atoms with van der Waals surface area (Å²) in [7, 11) is 1.87. The van der Waals surface area contributed by atoms with E-state index in [1.54, 1.807) is 12.1 Å². The second kappa shape index (κ2) is 13.1. The van der Waals surface area contributed by atoms with Crippen LogP contribution in [-0.4, -0.2) is 46.4 Å². The smallest absolute Gasteiger partial charge is 0.242 e. The number of nitrogens with zero attached hydrogens (tertiary/aromatic N) is 3. The van der Waals surface area contributed by atoms with Gasteiger partial charge in [-0.3, -0.25) is 9.59 Å². The minimum Gasteiger partial charge on any atom is -0.356 e. The first-order valence-corrected chi connectivity index (χ1v) is 12.5. The summed E-state index contributed by atoms with van der Waals surface area (Å²) in [6.07, 6.45) is 6.09. The molecule has 1 heterocycles. The van der Waals surface area contributed by atoms with Crippen LogP contribution in [0.4, 0.5) is 0 Å². The molecule has 0 fully saturated rings. The normalized spacial score (nSPS) is 11.0. The predicted molar refractivity (Wildman–Crippen MR) is 138 cm³/mol. The van der Waals surface area contributed by atoms with Crippen LogP contribution in [0.3, 0.4) is 0 Å². The molecule has 7 heteroatoms. The number of hydrogen-bond acceptors (Lipinski definition) is 3. The van der Waals surface area contributed by atoms with E-state index >= 15 is 0 Å². The highest BCUT2D eigenvalue weighted by molar-refractivity contribution is 6.30. The van der Waals surface area contributed by atoms with Gasteiger partial charge in [-0.1, -0.05) is 55.6 Å². The minimum atomic E-state index is 0.0230. The van der Waals surface area contributed by atoms with Crippen LogP contribution in [0, 0.1) is 0 Å². The fraction of sp³-hybridized carbons (Fsp3) is 0.444. The number of benzene rings is 2. The van der Waals surface area contributed by atoms with Crippen LogP contribution in [0.2, 0.25) is 5.02 Å². The zero-order valence-corrected chi connectivity index (χ0v) is 21.0. The number of aryl methyl sites for hydroxylation is 1. The van der Waals surface area contributed by atoms with Crippen molar-refractivity contribution in [1.29, 1.82) is 0 Å². The largest absolute Gasteiger partial charge is 0.356 e. The number of halogens is 1. The van der Waals surface area contributed by atoms with Gasteiger partial charge in [0.15, 0.2) is 0 Å². The van der Waals surface area contributed by atoms with E-state index in [0.29, 0.717) is 24.5 Å². The molecule has 2 amide bonds. The highest BCUT2D eigenvalue weighted by Crippen LogP contribution is 2.18. The number of carbonyl (C=O) groups excluding carboxylic acids is 2. The topological polar surface area (TPSA) is 67.2 Å². The second-order valence-electron chi connectivity index (χ2n) is 8.74. The van der Waals surface area contributed by atoms with Crippen LogP contribution in [0.1, 0.15) is 50.4 Å². The molecule has 0 radical (unpaired) electrons. The van der Waals surface area contributed by atoms with Gasteiger partial charge < -0.3 is 14.8 Å². The summed E-state index contributed by atoms with van der Waals surface area (Å²) in [5.74, 6) is 1.08. The number of nitrogens with one attached hydrogen (secondary N) is 1. The van der Waals surface area contributed by atoms with E-state index in [9.17, 15) is 9.59 Å². The number of para-hydroxylation sites is 2. The third-order valence-electron chi connectivity index (χ3n) is 5.98. The first kappa shape index (κ1) is 25.8. The first-order chi connectivity index (χ1) is 16.5. The molecule has 34 heavy (non-hydrogen) atoms. The molecular weight excluding hydrogens is 448 g/mol. The van der Waals surface area contributed by atoms with Gasteiger partial charge in [-0.25, -0.2) is 4.98 Å². The van der Waals surface area contributed by atoms with Crippen molar-refractivity contribution in [3.05, 3.63) is 64.9 Å². The van der Waals surface area contributed by atoms with Crippen molar-refractivity contribution in [3.63, 3.8) is 0 Å². The summed E-state index contributed by atoms with van der Waals surface area (Å²) in [5, 5.41) is 3.66. The lowest BCUT2D eigenvalue weighted by Gasteiger charge is -2.18. The molecule has 0 bridgehead atoms. The van der Waals surface area contributed by atoms with Gasteiger partial charge in [0.25, 0.3) is 0 Å². The van der Waals surface area contributed by atoms with Crippen molar-refractivity contribution >= 4 is 34.4 Å². The molecule has 0 aliphatic rings. The van der Waals surface area contributed by atoms with Gasteiger partial charge in [0.05, 0.1) is 17.5 Å². The van der Waals surface area contributed by atoms with E-state index in [-0.39, 0.29) is 11.8 Å². The fourth-order valence-electron chi connectivity index (χ4n) is 3.93. The Bertz CT molecular complexity index is 1080. The summed E-state index contributed by atoms with van der Waals surface area (Å²) in [6.45, 7) is 3.88. The lowest BCUT2D eigenvalue weighted by atomic mass is 10.1. The van der Waals surface area contributed by atoms with Crippen LogP contribution < -0.4 is 5.32 Å². The summed E-state index contributed by atoms with van der Waals surface area (Å²) >= 11 is 5.89. The number of unbranched alkanes of at least 4 members (excludes halogenated alkanes) is 3. The summed E-state index contributed by atoms with van der Waals surface area (Å²) in [5.41, 5.74) is 2.89. The molecule has 182 valence electrons. The number of fused-ring (bicyclic) bond motifs is 1. The lowest BCUT2D eigenvalue weighted by molar-refractivity contribution is -0.130. The van der Waals surface area contributed by atoms with Gasteiger partial charge in [-0.15, -0.1) is 0 Å². The third kappa shape index (κ3) is 7.59. The van der Waals surface area contributed by atoms with Crippen LogP contribution in [0.15, 0.2) is 48.5 Å². The molecule has 0 saturated heterocycles. The Balaban J connectivity index is 1.47. The highest BCUT2D eigenvalue weighted by Gasteiger charge is 2.15. The fourth-order valence-corrected chi connectivity index (χ4v) is 4.06. The quantitative estimate of drug-likeness (QED) is 0.348. The zero-order valence-electron chi connectivity index (χ0n) is 20.2. The Morgan fingerprint density at radius 2 is 1.79 bits per heavy atom. The second-order valence-corrected chi connectivity index (χ2v) is 9.17. The average Bonchev–Trinajstić information content (AvgIpc) is 3.18. The average molecular weight is 483 g/mol. The van der Waals surface area contributed by atoms with Crippen LogP contribution in [-0.2, 0) is 29.0 Å². The summed E-state index contributed by atoms with van der Waals surface area (Å²) < 4.78 is 2.06. The van der Waals surface area contributed by atoms with Crippen molar-refractivity contribution in [2.24, 2.45) is 0 Å². The van der Waals surface area contributed by atoms with Gasteiger partial charge in [0.1, 0.15) is 12.4 Å². The maximum atomic E-state index is 12.8. The van der Waals surface area contributed by atoms with E-state index in [4.69, 9.17) is 16.6 Å². The number of imidazole rings is 1. The van der Waals surface area contributed by atoms with E-state index in [2.05, 4.69) is 16.8 Å². The van der Waals surface area contributed by atoms with Crippen molar-refractivity contribution in [1.82, 2.24) is 19.8 Å². The van der Waals surface area contributed by atoms with Gasteiger partial charge in [-0.05, 0) is 49.1 Å². The predicted octanol–water partition coefficient (Wildman–Crippen LogP) is 5.02. The number of hydrogen-bond donors (Lipinski definition) is 1.